The lowest BCUT2D eigenvalue weighted by Crippen LogP contribution is -2.29. The predicted molar refractivity (Wildman–Crippen MR) is 113 cm³/mol. The summed E-state index contributed by atoms with van der Waals surface area (Å²) < 4.78 is 21.7. The number of rotatable bonds is 9. The van der Waals surface area contributed by atoms with Gasteiger partial charge >= 0.3 is 12.1 Å². The molecule has 1 saturated heterocycles. The lowest BCUT2D eigenvalue weighted by Gasteiger charge is -2.18. The van der Waals surface area contributed by atoms with Crippen LogP contribution in [0.2, 0.25) is 0 Å². The number of hydrogen-bond donors (Lipinski definition) is 1. The third-order valence-corrected chi connectivity index (χ3v) is 5.24. The second kappa shape index (κ2) is 10.6. The average molecular weight is 429 g/mol. The molecule has 0 aliphatic carbocycles. The fraction of sp³-hybridized carbons (Fsp3) is 0.391. The molecule has 1 N–H and O–H groups in total. The molecule has 0 bridgehead atoms. The first-order chi connectivity index (χ1) is 15.0. The normalized spacial score (nSPS) is 17.8. The molecule has 31 heavy (non-hydrogen) atoms. The first-order valence-electron chi connectivity index (χ1n) is 10.1. The number of nitrogens with zero attached hydrogens (tertiary/aromatic N) is 1. The zero-order valence-corrected chi connectivity index (χ0v) is 17.7. The second-order valence-corrected chi connectivity index (χ2v) is 7.20. The summed E-state index contributed by atoms with van der Waals surface area (Å²) in [5.41, 5.74) is 0.773. The van der Waals surface area contributed by atoms with Gasteiger partial charge < -0.3 is 29.0 Å². The van der Waals surface area contributed by atoms with Crippen LogP contribution in [0.15, 0.2) is 48.5 Å². The van der Waals surface area contributed by atoms with Crippen LogP contribution in [0.25, 0.3) is 0 Å². The fourth-order valence-electron chi connectivity index (χ4n) is 3.65. The molecule has 0 saturated carbocycles. The SMILES string of the molecule is COC(=O)N1CC(C(=O)O)C(c2ccc(OC)c(OCCCOc3ccccc3)c2)C1. The number of para-hydroxylation sites is 1. The highest BCUT2D eigenvalue weighted by molar-refractivity contribution is 5.75. The molecule has 2 aromatic carbocycles. The second-order valence-electron chi connectivity index (χ2n) is 7.20. The molecule has 0 spiro atoms. The minimum absolute atomic E-state index is 0.103. The third-order valence-electron chi connectivity index (χ3n) is 5.24. The summed E-state index contributed by atoms with van der Waals surface area (Å²) in [6, 6.07) is 14.9. The Kier molecular flexibility index (Phi) is 7.59. The Hall–Kier alpha value is -3.42. The Bertz CT molecular complexity index is 887. The Morgan fingerprint density at radius 1 is 1.00 bits per heavy atom. The van der Waals surface area contributed by atoms with Crippen molar-refractivity contribution in [3.63, 3.8) is 0 Å². The summed E-state index contributed by atoms with van der Waals surface area (Å²) in [6.07, 6.45) is 0.136. The van der Waals surface area contributed by atoms with Crippen LogP contribution < -0.4 is 14.2 Å². The van der Waals surface area contributed by atoms with Crippen LogP contribution in [-0.2, 0) is 9.53 Å². The quantitative estimate of drug-likeness (QED) is 0.611. The Balaban J connectivity index is 1.65. The van der Waals surface area contributed by atoms with Gasteiger partial charge in [0.15, 0.2) is 11.5 Å². The van der Waals surface area contributed by atoms with Crippen LogP contribution in [0.5, 0.6) is 17.2 Å². The number of benzene rings is 2. The minimum atomic E-state index is -0.951. The van der Waals surface area contributed by atoms with E-state index >= 15 is 0 Å². The molecule has 2 aromatic rings. The molecule has 8 heteroatoms. The van der Waals surface area contributed by atoms with Crippen molar-refractivity contribution in [1.29, 1.82) is 0 Å². The smallest absolute Gasteiger partial charge is 0.409 e. The van der Waals surface area contributed by atoms with Gasteiger partial charge in [-0.1, -0.05) is 24.3 Å². The van der Waals surface area contributed by atoms with E-state index in [1.54, 1.807) is 19.2 Å². The first-order valence-corrected chi connectivity index (χ1v) is 10.1. The van der Waals surface area contributed by atoms with E-state index in [4.69, 9.17) is 18.9 Å². The molecule has 8 nitrogen and oxygen atoms in total. The fourth-order valence-corrected chi connectivity index (χ4v) is 3.65. The topological polar surface area (TPSA) is 94.5 Å². The van der Waals surface area contributed by atoms with E-state index in [9.17, 15) is 14.7 Å². The van der Waals surface area contributed by atoms with E-state index in [1.165, 1.54) is 12.0 Å². The van der Waals surface area contributed by atoms with E-state index in [2.05, 4.69) is 0 Å². The van der Waals surface area contributed by atoms with Gasteiger partial charge in [0.2, 0.25) is 0 Å². The van der Waals surface area contributed by atoms with E-state index in [-0.39, 0.29) is 19.0 Å². The van der Waals surface area contributed by atoms with Crippen molar-refractivity contribution in [2.24, 2.45) is 5.92 Å². The number of carboxylic acid groups (broad SMARTS) is 1. The van der Waals surface area contributed by atoms with Crippen LogP contribution >= 0.6 is 0 Å². The van der Waals surface area contributed by atoms with Crippen molar-refractivity contribution < 1.29 is 33.6 Å². The number of likely N-dealkylation sites (tertiary alicyclic amines) is 1. The number of methoxy groups -OCH3 is 2. The van der Waals surface area contributed by atoms with Crippen molar-refractivity contribution in [1.82, 2.24) is 4.90 Å². The van der Waals surface area contributed by atoms with Crippen molar-refractivity contribution >= 4 is 12.1 Å². The molecule has 0 aromatic heterocycles. The summed E-state index contributed by atoms with van der Waals surface area (Å²) >= 11 is 0. The Labute approximate surface area is 181 Å². The maximum atomic E-state index is 11.9. The lowest BCUT2D eigenvalue weighted by molar-refractivity contribution is -0.141. The molecule has 1 fully saturated rings. The van der Waals surface area contributed by atoms with E-state index in [1.807, 2.05) is 36.4 Å². The van der Waals surface area contributed by atoms with Gasteiger partial charge in [-0.3, -0.25) is 4.79 Å². The van der Waals surface area contributed by atoms with Crippen LogP contribution in [0, 0.1) is 5.92 Å². The number of carbonyl (C=O) groups is 2. The Morgan fingerprint density at radius 2 is 1.74 bits per heavy atom. The number of ether oxygens (including phenoxy) is 4. The van der Waals surface area contributed by atoms with Gasteiger partial charge in [-0.15, -0.1) is 0 Å². The summed E-state index contributed by atoms with van der Waals surface area (Å²) in [5.74, 6) is -0.153. The molecule has 1 amide bonds. The van der Waals surface area contributed by atoms with Gasteiger partial charge in [0, 0.05) is 25.4 Å². The molecule has 166 valence electrons. The number of carboxylic acids is 1. The first kappa shape index (κ1) is 22.3. The van der Waals surface area contributed by atoms with Crippen molar-refractivity contribution in [3.8, 4) is 17.2 Å². The average Bonchev–Trinajstić information content (AvgIpc) is 3.25. The molecule has 2 unspecified atom stereocenters. The van der Waals surface area contributed by atoms with Crippen LogP contribution in [0.3, 0.4) is 0 Å². The molecule has 2 atom stereocenters. The standard InChI is InChI=1S/C23H27NO7/c1-28-20-10-9-16(18-14-24(23(27)29-2)15-19(18)22(25)26)13-21(20)31-12-6-11-30-17-7-4-3-5-8-17/h3-5,7-10,13,18-19H,6,11-12,14-15H2,1-2H3,(H,25,26). The van der Waals surface area contributed by atoms with Gasteiger partial charge in [0.05, 0.1) is 33.4 Å². The summed E-state index contributed by atoms with van der Waals surface area (Å²) in [6.45, 7) is 1.28. The Morgan fingerprint density at radius 3 is 2.42 bits per heavy atom. The molecule has 3 rings (SSSR count). The highest BCUT2D eigenvalue weighted by Gasteiger charge is 2.41. The number of carbonyl (C=O) groups excluding carboxylic acids is 1. The molecule has 0 radical (unpaired) electrons. The van der Waals surface area contributed by atoms with Gasteiger partial charge in [-0.2, -0.15) is 0 Å². The predicted octanol–water partition coefficient (Wildman–Crippen LogP) is 3.41. The molecular formula is C23H27NO7. The van der Waals surface area contributed by atoms with E-state index in [0.717, 1.165) is 11.3 Å². The monoisotopic (exact) mass is 429 g/mol. The van der Waals surface area contributed by atoms with Crippen molar-refractivity contribution in [3.05, 3.63) is 54.1 Å². The largest absolute Gasteiger partial charge is 0.493 e. The van der Waals surface area contributed by atoms with Crippen LogP contribution in [0.1, 0.15) is 17.9 Å². The van der Waals surface area contributed by atoms with Crippen LogP contribution in [0.4, 0.5) is 4.79 Å². The maximum absolute atomic E-state index is 11.9. The number of hydrogen-bond acceptors (Lipinski definition) is 6. The molecule has 1 aliphatic heterocycles. The zero-order valence-electron chi connectivity index (χ0n) is 17.7. The van der Waals surface area contributed by atoms with Gasteiger partial charge in [0.1, 0.15) is 5.75 Å². The summed E-state index contributed by atoms with van der Waals surface area (Å²) in [4.78, 5) is 25.1. The highest BCUT2D eigenvalue weighted by atomic mass is 16.5. The third kappa shape index (κ3) is 5.59. The zero-order chi connectivity index (χ0) is 22.2. The van der Waals surface area contributed by atoms with Crippen LogP contribution in [-0.4, -0.2) is 62.6 Å². The molecule has 1 aliphatic rings. The highest BCUT2D eigenvalue weighted by Crippen LogP contribution is 2.37. The minimum Gasteiger partial charge on any atom is -0.493 e. The summed E-state index contributed by atoms with van der Waals surface area (Å²) in [7, 11) is 2.83. The van der Waals surface area contributed by atoms with E-state index in [0.29, 0.717) is 31.1 Å². The van der Waals surface area contributed by atoms with Gasteiger partial charge in [0.25, 0.3) is 0 Å². The van der Waals surface area contributed by atoms with E-state index < -0.39 is 18.0 Å². The van der Waals surface area contributed by atoms with Crippen molar-refractivity contribution in [2.45, 2.75) is 12.3 Å². The maximum Gasteiger partial charge on any atom is 0.409 e. The summed E-state index contributed by atoms with van der Waals surface area (Å²) in [5, 5.41) is 9.63. The van der Waals surface area contributed by atoms with Gasteiger partial charge in [-0.25, -0.2) is 4.79 Å². The molecular weight excluding hydrogens is 402 g/mol. The lowest BCUT2D eigenvalue weighted by atomic mass is 9.89. The molecule has 1 heterocycles. The number of aliphatic carboxylic acids is 1. The van der Waals surface area contributed by atoms with Crippen molar-refractivity contribution in [2.75, 3.05) is 40.5 Å². The number of amides is 1. The van der Waals surface area contributed by atoms with Gasteiger partial charge in [-0.05, 0) is 29.8 Å².